The lowest BCUT2D eigenvalue weighted by atomic mass is 9.68. The highest BCUT2D eigenvalue weighted by Crippen LogP contribution is 2.41. The van der Waals surface area contributed by atoms with Crippen LogP contribution in [0.2, 0.25) is 5.02 Å². The number of fused-ring (bicyclic) bond motifs is 1. The molecule has 1 fully saturated rings. The van der Waals surface area contributed by atoms with Crippen LogP contribution in [0.4, 0.5) is 0 Å². The van der Waals surface area contributed by atoms with Crippen LogP contribution in [0.1, 0.15) is 59.8 Å². The third-order valence-corrected chi connectivity index (χ3v) is 8.18. The Bertz CT molecular complexity index is 1240. The van der Waals surface area contributed by atoms with Gasteiger partial charge < -0.3 is 10.5 Å². The van der Waals surface area contributed by atoms with Crippen molar-refractivity contribution in [1.29, 1.82) is 0 Å². The molecule has 1 aliphatic carbocycles. The van der Waals surface area contributed by atoms with E-state index in [4.69, 9.17) is 22.1 Å². The van der Waals surface area contributed by atoms with Crippen molar-refractivity contribution < 1.29 is 9.53 Å². The largest absolute Gasteiger partial charge is 0.462 e. The molecule has 2 N–H and O–H groups in total. The Labute approximate surface area is 217 Å². The zero-order valence-electron chi connectivity index (χ0n) is 20.8. The molecule has 0 saturated heterocycles. The molecule has 0 spiro atoms. The van der Waals surface area contributed by atoms with Gasteiger partial charge in [-0.2, -0.15) is 0 Å². The Hall–Kier alpha value is -2.80. The number of hydrogen-bond acceptors (Lipinski definition) is 6. The van der Waals surface area contributed by atoms with Gasteiger partial charge in [0.2, 0.25) is 0 Å². The van der Waals surface area contributed by atoms with Crippen molar-refractivity contribution >= 4 is 17.6 Å². The minimum absolute atomic E-state index is 0.00831. The number of rotatable bonds is 6. The first kappa shape index (κ1) is 24.9. The maximum Gasteiger partial charge on any atom is 0.338 e. The van der Waals surface area contributed by atoms with Crippen LogP contribution in [0.25, 0.3) is 11.3 Å². The summed E-state index contributed by atoms with van der Waals surface area (Å²) >= 11 is 6.29. The number of halogens is 1. The number of nitrogens with two attached hydrogens (primary N) is 1. The van der Waals surface area contributed by atoms with Gasteiger partial charge in [0.25, 0.3) is 0 Å². The Morgan fingerprint density at radius 2 is 1.97 bits per heavy atom. The summed E-state index contributed by atoms with van der Waals surface area (Å²) < 4.78 is 5.18. The van der Waals surface area contributed by atoms with Crippen LogP contribution in [-0.2, 0) is 23.1 Å². The van der Waals surface area contributed by atoms with E-state index in [1.807, 2.05) is 37.3 Å². The molecule has 0 unspecified atom stereocenters. The standard InChI is InChI=1S/C29H33ClN4O2/c1-2-36-28(35)21-6-3-5-20(15-21)27-25-11-14-34(17-26(25)32-19-33-27)24-9-12-29(18-31,13-10-24)22-7-4-8-23(30)16-22/h3-8,15-16,19,24H,2,9-14,17-18,31H2,1H3. The summed E-state index contributed by atoms with van der Waals surface area (Å²) in [5.41, 5.74) is 12.3. The zero-order valence-corrected chi connectivity index (χ0v) is 21.5. The van der Waals surface area contributed by atoms with Crippen molar-refractivity contribution in [2.45, 2.75) is 57.0 Å². The molecule has 0 amide bonds. The summed E-state index contributed by atoms with van der Waals surface area (Å²) in [5, 5.41) is 0.776. The van der Waals surface area contributed by atoms with E-state index in [0.29, 0.717) is 24.8 Å². The van der Waals surface area contributed by atoms with Gasteiger partial charge in [0.1, 0.15) is 6.33 Å². The molecule has 2 heterocycles. The third-order valence-electron chi connectivity index (χ3n) is 7.94. The lowest BCUT2D eigenvalue weighted by Crippen LogP contribution is -2.47. The fraction of sp³-hybridized carbons (Fsp3) is 0.414. The monoisotopic (exact) mass is 504 g/mol. The Balaban J connectivity index is 1.31. The van der Waals surface area contributed by atoms with Crippen molar-refractivity contribution in [2.24, 2.45) is 5.73 Å². The summed E-state index contributed by atoms with van der Waals surface area (Å²) in [6.07, 6.45) is 6.88. The molecule has 0 radical (unpaired) electrons. The molecule has 2 aromatic carbocycles. The lowest BCUT2D eigenvalue weighted by molar-refractivity contribution is 0.0526. The average Bonchev–Trinajstić information content (AvgIpc) is 2.92. The van der Waals surface area contributed by atoms with Crippen molar-refractivity contribution in [3.05, 3.63) is 82.3 Å². The summed E-state index contributed by atoms with van der Waals surface area (Å²) in [4.78, 5) is 24.1. The zero-order chi connectivity index (χ0) is 25.1. The second kappa shape index (κ2) is 10.7. The van der Waals surface area contributed by atoms with E-state index in [0.717, 1.165) is 67.2 Å². The quantitative estimate of drug-likeness (QED) is 0.466. The van der Waals surface area contributed by atoms with Gasteiger partial charge in [0, 0.05) is 47.2 Å². The summed E-state index contributed by atoms with van der Waals surface area (Å²) in [6, 6.07) is 16.3. The van der Waals surface area contributed by atoms with Gasteiger partial charge in [-0.15, -0.1) is 0 Å². The maximum atomic E-state index is 12.2. The topological polar surface area (TPSA) is 81.3 Å². The molecular weight excluding hydrogens is 472 g/mol. The molecule has 188 valence electrons. The highest BCUT2D eigenvalue weighted by atomic mass is 35.5. The average molecular weight is 505 g/mol. The van der Waals surface area contributed by atoms with Gasteiger partial charge in [-0.05, 0) is 68.9 Å². The van der Waals surface area contributed by atoms with Gasteiger partial charge in [-0.1, -0.05) is 35.9 Å². The lowest BCUT2D eigenvalue weighted by Gasteiger charge is -2.44. The van der Waals surface area contributed by atoms with Crippen molar-refractivity contribution in [2.75, 3.05) is 19.7 Å². The molecule has 2 aliphatic rings. The predicted molar refractivity (Wildman–Crippen MR) is 142 cm³/mol. The van der Waals surface area contributed by atoms with Crippen LogP contribution in [0.3, 0.4) is 0 Å². The number of esters is 1. The number of hydrogen-bond donors (Lipinski definition) is 1. The first-order valence-electron chi connectivity index (χ1n) is 12.8. The third kappa shape index (κ3) is 4.90. The van der Waals surface area contributed by atoms with Gasteiger partial charge in [0.15, 0.2) is 0 Å². The second-order valence-corrected chi connectivity index (χ2v) is 10.3. The van der Waals surface area contributed by atoms with Gasteiger partial charge in [-0.3, -0.25) is 4.90 Å². The Morgan fingerprint density at radius 1 is 1.17 bits per heavy atom. The van der Waals surface area contributed by atoms with Crippen molar-refractivity contribution in [3.8, 4) is 11.3 Å². The number of carbonyl (C=O) groups excluding carboxylic acids is 1. The molecule has 0 bridgehead atoms. The number of aromatic nitrogens is 2. The first-order chi connectivity index (χ1) is 17.5. The van der Waals surface area contributed by atoms with Crippen LogP contribution in [0, 0.1) is 0 Å². The van der Waals surface area contributed by atoms with E-state index in [-0.39, 0.29) is 11.4 Å². The fourth-order valence-corrected chi connectivity index (χ4v) is 6.08. The molecular formula is C29H33ClN4O2. The number of benzene rings is 2. The summed E-state index contributed by atoms with van der Waals surface area (Å²) in [6.45, 7) is 4.61. The van der Waals surface area contributed by atoms with E-state index >= 15 is 0 Å². The SMILES string of the molecule is CCOC(=O)c1cccc(-c2ncnc3c2CCN(C2CCC(CN)(c4cccc(Cl)c4)CC2)C3)c1. The summed E-state index contributed by atoms with van der Waals surface area (Å²) in [5.74, 6) is -0.308. The fourth-order valence-electron chi connectivity index (χ4n) is 5.89. The molecule has 6 nitrogen and oxygen atoms in total. The van der Waals surface area contributed by atoms with Crippen LogP contribution >= 0.6 is 11.6 Å². The highest BCUT2D eigenvalue weighted by molar-refractivity contribution is 6.30. The normalized spacial score (nSPS) is 22.1. The second-order valence-electron chi connectivity index (χ2n) is 9.90. The smallest absolute Gasteiger partial charge is 0.338 e. The van der Waals surface area contributed by atoms with E-state index in [2.05, 4.69) is 27.0 Å². The molecule has 5 rings (SSSR count). The van der Waals surface area contributed by atoms with E-state index < -0.39 is 0 Å². The van der Waals surface area contributed by atoms with Crippen LogP contribution in [-0.4, -0.2) is 46.6 Å². The molecule has 3 aromatic rings. The van der Waals surface area contributed by atoms with Crippen LogP contribution in [0.5, 0.6) is 0 Å². The Morgan fingerprint density at radius 3 is 2.72 bits per heavy atom. The van der Waals surface area contributed by atoms with Crippen molar-refractivity contribution in [1.82, 2.24) is 14.9 Å². The summed E-state index contributed by atoms with van der Waals surface area (Å²) in [7, 11) is 0. The first-order valence-corrected chi connectivity index (χ1v) is 13.2. The molecule has 7 heteroatoms. The van der Waals surface area contributed by atoms with Crippen LogP contribution in [0.15, 0.2) is 54.9 Å². The van der Waals surface area contributed by atoms with Gasteiger partial charge in [0.05, 0.1) is 23.6 Å². The number of nitrogens with zero attached hydrogens (tertiary/aromatic N) is 3. The Kier molecular flexibility index (Phi) is 7.37. The molecule has 0 atom stereocenters. The van der Waals surface area contributed by atoms with Crippen molar-refractivity contribution in [3.63, 3.8) is 0 Å². The molecule has 1 aromatic heterocycles. The number of ether oxygens (including phenoxy) is 1. The highest BCUT2D eigenvalue weighted by Gasteiger charge is 2.38. The predicted octanol–water partition coefficient (Wildman–Crippen LogP) is 5.17. The van der Waals surface area contributed by atoms with E-state index in [1.165, 1.54) is 11.1 Å². The molecule has 1 saturated carbocycles. The van der Waals surface area contributed by atoms with E-state index in [9.17, 15) is 4.79 Å². The van der Waals surface area contributed by atoms with Gasteiger partial charge in [-0.25, -0.2) is 14.8 Å². The molecule has 1 aliphatic heterocycles. The van der Waals surface area contributed by atoms with Gasteiger partial charge >= 0.3 is 5.97 Å². The van der Waals surface area contributed by atoms with Crippen LogP contribution < -0.4 is 5.73 Å². The number of carbonyl (C=O) groups is 1. The van der Waals surface area contributed by atoms with E-state index in [1.54, 1.807) is 12.4 Å². The minimum Gasteiger partial charge on any atom is -0.462 e. The minimum atomic E-state index is -0.308. The maximum absolute atomic E-state index is 12.2. The molecule has 36 heavy (non-hydrogen) atoms.